The van der Waals surface area contributed by atoms with Gasteiger partial charge in [0, 0.05) is 46.7 Å². The van der Waals surface area contributed by atoms with Gasteiger partial charge < -0.3 is 86.6 Å². The number of aliphatic hydroxyl groups excluding tert-OH is 12. The maximum Gasteiger partial charge on any atom is 0.262 e. The number of carbonyl (C=O) groups is 7. The standard InChI is InChI=1S/C46H54I9N7O19/c1-15(2)42(77)61(36-27(49)22(44(79)58(3)6-16(69)9-63)25(47)34(31(36)53)56-40(75)19(72)12-66)38-29(51)24(46(81)60(5)8-18(71)11-65)30(52)39(33(38)55)62(43(78)21(74)14-68)37-28(50)23(45(80)59(4)7-17(70)10-64)26(48)35(32(37)54)57-41(76)20(73)13-67/h15-21,63-74H,6-14H2,1-5H3,(H,56,75)(H,57,76). The minimum atomic E-state index is -2.33. The third-order valence-corrected chi connectivity index (χ3v) is 20.8. The summed E-state index contributed by atoms with van der Waals surface area (Å²) in [6, 6.07) is 0. The number of nitrogens with zero attached hydrogens (tertiary/aromatic N) is 5. The second-order valence-corrected chi connectivity index (χ2v) is 27.4. The molecule has 81 heavy (non-hydrogen) atoms. The molecule has 3 aromatic rings. The van der Waals surface area contributed by atoms with Gasteiger partial charge >= 0.3 is 0 Å². The summed E-state index contributed by atoms with van der Waals surface area (Å²) in [6.45, 7) is -4.05. The van der Waals surface area contributed by atoms with Gasteiger partial charge in [0.05, 0.1) is 141 Å². The van der Waals surface area contributed by atoms with Crippen LogP contribution in [0.25, 0.3) is 0 Å². The topological polar surface area (TPSA) is 403 Å². The molecule has 0 fully saturated rings. The Kier molecular flexibility index (Phi) is 31.2. The summed E-state index contributed by atoms with van der Waals surface area (Å²) in [6.07, 6.45) is -10.8. The Morgan fingerprint density at radius 1 is 0.383 bits per heavy atom. The number of nitrogens with one attached hydrogen (secondary N) is 2. The van der Waals surface area contributed by atoms with E-state index in [0.717, 1.165) is 24.5 Å². The fraction of sp³-hybridized carbons (Fsp3) is 0.457. The Hall–Kier alpha value is 0.0400. The lowest BCUT2D eigenvalue weighted by Crippen LogP contribution is -2.42. The summed E-state index contributed by atoms with van der Waals surface area (Å²) in [5, 5.41) is 128. The number of hydrogen-bond donors (Lipinski definition) is 14. The molecule has 6 atom stereocenters. The van der Waals surface area contributed by atoms with Crippen molar-refractivity contribution in [3.05, 3.63) is 48.8 Å². The first-order valence-electron chi connectivity index (χ1n) is 23.1. The summed E-state index contributed by atoms with van der Waals surface area (Å²) < 4.78 is -0.595. The van der Waals surface area contributed by atoms with Crippen molar-refractivity contribution >= 4 is 279 Å². The number of hydrogen-bond acceptors (Lipinski definition) is 19. The predicted octanol–water partition coefficient (Wildman–Crippen LogP) is 1.33. The number of benzene rings is 3. The van der Waals surface area contributed by atoms with Crippen LogP contribution < -0.4 is 20.4 Å². The Morgan fingerprint density at radius 3 is 0.901 bits per heavy atom. The van der Waals surface area contributed by atoms with Gasteiger partial charge in [0.25, 0.3) is 35.4 Å². The largest absolute Gasteiger partial charge is 0.394 e. The molecule has 3 rings (SSSR count). The van der Waals surface area contributed by atoms with Crippen LogP contribution in [0.1, 0.15) is 44.9 Å². The van der Waals surface area contributed by atoms with Gasteiger partial charge in [-0.25, -0.2) is 0 Å². The number of rotatable bonds is 25. The maximum absolute atomic E-state index is 15.5. The van der Waals surface area contributed by atoms with E-state index in [2.05, 4.69) is 10.6 Å². The van der Waals surface area contributed by atoms with E-state index < -0.39 is 143 Å². The van der Waals surface area contributed by atoms with Crippen molar-refractivity contribution in [1.29, 1.82) is 0 Å². The number of anilines is 6. The van der Waals surface area contributed by atoms with Gasteiger partial charge in [-0.3, -0.25) is 43.4 Å². The smallest absolute Gasteiger partial charge is 0.262 e. The Labute approximate surface area is 586 Å². The quantitative estimate of drug-likeness (QED) is 0.0532. The average Bonchev–Trinajstić information content (AvgIpc) is 3.52. The lowest BCUT2D eigenvalue weighted by Gasteiger charge is -2.36. The van der Waals surface area contributed by atoms with Crippen LogP contribution in [0.15, 0.2) is 0 Å². The average molecular weight is 2150 g/mol. The van der Waals surface area contributed by atoms with Crippen molar-refractivity contribution in [2.24, 2.45) is 5.92 Å². The fourth-order valence-corrected chi connectivity index (χ4v) is 20.5. The molecular weight excluding hydrogens is 2100 g/mol. The van der Waals surface area contributed by atoms with Crippen LogP contribution in [0.3, 0.4) is 0 Å². The molecular formula is C46H54I9N7O19. The molecule has 0 aliphatic heterocycles. The van der Waals surface area contributed by atoms with E-state index in [-0.39, 0.29) is 82.9 Å². The molecule has 0 heterocycles. The normalized spacial score (nSPS) is 13.7. The molecule has 35 heteroatoms. The van der Waals surface area contributed by atoms with Gasteiger partial charge in [0.1, 0.15) is 0 Å². The molecule has 14 N–H and O–H groups in total. The molecule has 7 amide bonds. The summed E-state index contributed by atoms with van der Waals surface area (Å²) in [7, 11) is 3.84. The molecule has 0 aliphatic carbocycles. The van der Waals surface area contributed by atoms with Gasteiger partial charge in [-0.1, -0.05) is 13.8 Å². The minimum absolute atomic E-state index is 0.000607. The molecule has 0 aliphatic rings. The van der Waals surface area contributed by atoms with Crippen molar-refractivity contribution in [3.63, 3.8) is 0 Å². The molecule has 0 radical (unpaired) electrons. The second kappa shape index (κ2) is 33.6. The second-order valence-electron chi connectivity index (χ2n) is 17.7. The van der Waals surface area contributed by atoms with Gasteiger partial charge in [-0.2, -0.15) is 0 Å². The number of aliphatic hydroxyl groups is 12. The SMILES string of the molecule is CC(C)C(=O)N(c1c(I)c(NC(=O)C(O)CO)c(I)c(C(=O)N(C)CC(O)CO)c1I)c1c(I)c(C(=O)N(C)CC(O)CO)c(I)c(N(C(=O)C(O)CO)c2c(I)c(NC(=O)C(O)CO)c(I)c(C(=O)N(C)CC(O)CO)c2I)c1I. The van der Waals surface area contributed by atoms with E-state index in [4.69, 9.17) is 0 Å². The first kappa shape index (κ1) is 75.3. The van der Waals surface area contributed by atoms with Gasteiger partial charge in [-0.05, 0) is 203 Å². The summed E-state index contributed by atoms with van der Waals surface area (Å²) in [5.41, 5.74) is -2.38. The summed E-state index contributed by atoms with van der Waals surface area (Å²) in [4.78, 5) is 108. The first-order valence-corrected chi connectivity index (χ1v) is 32.8. The zero-order valence-corrected chi connectivity index (χ0v) is 62.2. The van der Waals surface area contributed by atoms with E-state index in [9.17, 15) is 80.5 Å². The van der Waals surface area contributed by atoms with Crippen molar-refractivity contribution in [1.82, 2.24) is 14.7 Å². The number of halogens is 9. The number of likely N-dealkylation sites (N-methyl/N-ethyl adjacent to an activating group) is 3. The monoisotopic (exact) mass is 2150 g/mol. The van der Waals surface area contributed by atoms with Crippen molar-refractivity contribution in [2.45, 2.75) is 50.5 Å². The molecule has 0 saturated carbocycles. The lowest BCUT2D eigenvalue weighted by molar-refractivity contribution is -0.128. The Balaban J connectivity index is 3.02. The fourth-order valence-electron chi connectivity index (χ4n) is 7.18. The third-order valence-electron chi connectivity index (χ3n) is 11.4. The van der Waals surface area contributed by atoms with Gasteiger partial charge in [0.2, 0.25) is 5.91 Å². The van der Waals surface area contributed by atoms with Crippen LogP contribution in [0.2, 0.25) is 0 Å². The molecule has 0 saturated heterocycles. The number of carbonyl (C=O) groups excluding carboxylic acids is 7. The summed E-state index contributed by atoms with van der Waals surface area (Å²) >= 11 is 15.7. The Bertz CT molecular complexity index is 2910. The maximum atomic E-state index is 15.5. The van der Waals surface area contributed by atoms with Crippen LogP contribution in [-0.2, 0) is 19.2 Å². The zero-order chi connectivity index (χ0) is 62.1. The van der Waals surface area contributed by atoms with Crippen molar-refractivity contribution < 1.29 is 94.8 Å². The third kappa shape index (κ3) is 17.3. The molecule has 3 aromatic carbocycles. The van der Waals surface area contributed by atoms with Gasteiger partial charge in [-0.15, -0.1) is 0 Å². The van der Waals surface area contributed by atoms with Crippen LogP contribution >= 0.6 is 203 Å². The zero-order valence-electron chi connectivity index (χ0n) is 42.8. The van der Waals surface area contributed by atoms with Crippen molar-refractivity contribution in [3.8, 4) is 0 Å². The first-order chi connectivity index (χ1) is 37.7. The molecule has 0 bridgehead atoms. The van der Waals surface area contributed by atoms with Crippen molar-refractivity contribution in [2.75, 3.05) is 101 Å². The number of amides is 7. The minimum Gasteiger partial charge on any atom is -0.394 e. The predicted molar refractivity (Wildman–Crippen MR) is 370 cm³/mol. The molecule has 0 aromatic heterocycles. The van der Waals surface area contributed by atoms with E-state index in [1.54, 1.807) is 203 Å². The van der Waals surface area contributed by atoms with E-state index in [1.807, 2.05) is 0 Å². The highest BCUT2D eigenvalue weighted by atomic mass is 127. The van der Waals surface area contributed by atoms with Crippen LogP contribution in [0, 0.1) is 38.0 Å². The molecule has 0 spiro atoms. The van der Waals surface area contributed by atoms with Crippen LogP contribution in [0.5, 0.6) is 0 Å². The summed E-state index contributed by atoms with van der Waals surface area (Å²) in [5.74, 6) is -8.13. The van der Waals surface area contributed by atoms with Crippen LogP contribution in [0.4, 0.5) is 34.1 Å². The molecule has 26 nitrogen and oxygen atoms in total. The highest BCUT2D eigenvalue weighted by Crippen LogP contribution is 2.53. The van der Waals surface area contributed by atoms with Crippen LogP contribution in [-0.4, -0.2) is 234 Å². The highest BCUT2D eigenvalue weighted by Gasteiger charge is 2.43. The van der Waals surface area contributed by atoms with E-state index in [0.29, 0.717) is 0 Å². The van der Waals surface area contributed by atoms with E-state index >= 15 is 14.4 Å². The molecule has 6 unspecified atom stereocenters. The molecule has 450 valence electrons. The lowest BCUT2D eigenvalue weighted by atomic mass is 10.0. The Morgan fingerprint density at radius 2 is 0.642 bits per heavy atom. The highest BCUT2D eigenvalue weighted by molar-refractivity contribution is 14.1. The van der Waals surface area contributed by atoms with Gasteiger partial charge in [0.15, 0.2) is 18.3 Å². The van der Waals surface area contributed by atoms with E-state index in [1.165, 1.54) is 35.0 Å².